The molecule has 0 aliphatic carbocycles. The number of nitrogens with zero attached hydrogens (tertiary/aromatic N) is 3. The van der Waals surface area contributed by atoms with E-state index in [4.69, 9.17) is 5.73 Å². The van der Waals surface area contributed by atoms with Crippen LogP contribution in [0.3, 0.4) is 0 Å². The Hall–Kier alpha value is -0.110. The summed E-state index contributed by atoms with van der Waals surface area (Å²) in [6, 6.07) is -0.341. The maximum Gasteiger partial charge on any atom is 0.239 e. The third-order valence-electron chi connectivity index (χ3n) is 3.60. The normalized spacial score (nSPS) is 23.6. The fourth-order valence-electron chi connectivity index (χ4n) is 2.36. The standard InChI is InChI=1S/C13H24N4OS2.ClH/c1-10-9-15-13(20-10)17-6-4-16(5-7-17)12(18)11(14)3-8-19-2;/h10-11H,3-9,14H2,1-2H3;1H. The molecule has 0 aromatic carbocycles. The van der Waals surface area contributed by atoms with Crippen molar-refractivity contribution in [2.24, 2.45) is 10.7 Å². The van der Waals surface area contributed by atoms with Crippen molar-refractivity contribution in [3.8, 4) is 0 Å². The van der Waals surface area contributed by atoms with Crippen molar-refractivity contribution >= 4 is 47.0 Å². The van der Waals surface area contributed by atoms with Gasteiger partial charge in [0.05, 0.1) is 12.6 Å². The van der Waals surface area contributed by atoms with E-state index in [0.717, 1.165) is 50.1 Å². The fourth-order valence-corrected chi connectivity index (χ4v) is 3.84. The van der Waals surface area contributed by atoms with Crippen LogP contribution < -0.4 is 5.73 Å². The van der Waals surface area contributed by atoms with E-state index in [1.165, 1.54) is 0 Å². The molecule has 8 heteroatoms. The Morgan fingerprint density at radius 1 is 1.48 bits per heavy atom. The van der Waals surface area contributed by atoms with Crippen LogP contribution in [0.4, 0.5) is 0 Å². The Morgan fingerprint density at radius 2 is 2.14 bits per heavy atom. The minimum Gasteiger partial charge on any atom is -0.348 e. The summed E-state index contributed by atoms with van der Waals surface area (Å²) < 4.78 is 0. The number of nitrogens with two attached hydrogens (primary N) is 1. The lowest BCUT2D eigenvalue weighted by Crippen LogP contribution is -2.54. The number of piperazine rings is 1. The first-order chi connectivity index (χ1) is 9.61. The Bertz CT molecular complexity index is 375. The molecule has 2 N–H and O–H groups in total. The van der Waals surface area contributed by atoms with Crippen LogP contribution in [0.2, 0.25) is 0 Å². The molecule has 0 aromatic rings. The number of carbonyl (C=O) groups is 1. The van der Waals surface area contributed by atoms with E-state index in [9.17, 15) is 4.79 Å². The lowest BCUT2D eigenvalue weighted by atomic mass is 10.2. The van der Waals surface area contributed by atoms with Crippen molar-refractivity contribution in [2.45, 2.75) is 24.6 Å². The Labute approximate surface area is 141 Å². The SMILES string of the molecule is CSCCC(N)C(=O)N1CCN(C2=NCC(C)S2)CC1.Cl. The summed E-state index contributed by atoms with van der Waals surface area (Å²) in [5.41, 5.74) is 5.96. The van der Waals surface area contributed by atoms with E-state index in [0.29, 0.717) is 5.25 Å². The van der Waals surface area contributed by atoms with Gasteiger partial charge in [-0.25, -0.2) is 0 Å². The van der Waals surface area contributed by atoms with Crippen molar-refractivity contribution in [3.05, 3.63) is 0 Å². The van der Waals surface area contributed by atoms with Crippen LogP contribution in [0.5, 0.6) is 0 Å². The molecule has 5 nitrogen and oxygen atoms in total. The second-order valence-corrected chi connectivity index (χ2v) is 7.64. The van der Waals surface area contributed by atoms with Crippen molar-refractivity contribution < 1.29 is 4.79 Å². The maximum absolute atomic E-state index is 12.2. The van der Waals surface area contributed by atoms with Gasteiger partial charge in [-0.1, -0.05) is 18.7 Å². The summed E-state index contributed by atoms with van der Waals surface area (Å²) in [5, 5.41) is 1.74. The van der Waals surface area contributed by atoms with Gasteiger partial charge in [0.2, 0.25) is 5.91 Å². The quantitative estimate of drug-likeness (QED) is 0.821. The molecule has 0 spiro atoms. The van der Waals surface area contributed by atoms with Gasteiger partial charge in [-0.15, -0.1) is 12.4 Å². The number of rotatable bonds is 4. The molecule has 122 valence electrons. The number of aliphatic imine (C=N–C) groups is 1. The molecule has 0 bridgehead atoms. The zero-order valence-electron chi connectivity index (χ0n) is 12.7. The molecule has 2 unspecified atom stereocenters. The van der Waals surface area contributed by atoms with Gasteiger partial charge < -0.3 is 15.5 Å². The molecular formula is C13H25ClN4OS2. The van der Waals surface area contributed by atoms with Crippen LogP contribution in [0.25, 0.3) is 0 Å². The molecule has 0 aromatic heterocycles. The average molecular weight is 353 g/mol. The lowest BCUT2D eigenvalue weighted by Gasteiger charge is -2.36. The number of amidine groups is 1. The number of hydrogen-bond acceptors (Lipinski definition) is 6. The Morgan fingerprint density at radius 3 is 2.67 bits per heavy atom. The van der Waals surface area contributed by atoms with Crippen LogP contribution in [0.15, 0.2) is 4.99 Å². The first-order valence-electron chi connectivity index (χ1n) is 7.11. The second kappa shape index (κ2) is 9.12. The second-order valence-electron chi connectivity index (χ2n) is 5.25. The first kappa shape index (κ1) is 18.9. The molecule has 0 radical (unpaired) electrons. The fraction of sp³-hybridized carbons (Fsp3) is 0.846. The van der Waals surface area contributed by atoms with Crippen molar-refractivity contribution in [1.29, 1.82) is 0 Å². The highest BCUT2D eigenvalue weighted by Crippen LogP contribution is 2.23. The van der Waals surface area contributed by atoms with E-state index in [1.54, 1.807) is 11.8 Å². The Balaban J connectivity index is 0.00000220. The summed E-state index contributed by atoms with van der Waals surface area (Å²) in [5.74, 6) is 1.05. The van der Waals surface area contributed by atoms with Crippen LogP contribution in [-0.2, 0) is 4.79 Å². The summed E-state index contributed by atoms with van der Waals surface area (Å²) >= 11 is 3.58. The zero-order valence-corrected chi connectivity index (χ0v) is 15.1. The topological polar surface area (TPSA) is 61.9 Å². The van der Waals surface area contributed by atoms with Gasteiger partial charge in [0.1, 0.15) is 0 Å². The highest BCUT2D eigenvalue weighted by atomic mass is 35.5. The van der Waals surface area contributed by atoms with Gasteiger partial charge in [0.15, 0.2) is 5.17 Å². The monoisotopic (exact) mass is 352 g/mol. The van der Waals surface area contributed by atoms with Crippen molar-refractivity contribution in [1.82, 2.24) is 9.80 Å². The molecule has 2 aliphatic rings. The summed E-state index contributed by atoms with van der Waals surface area (Å²) in [4.78, 5) is 21.0. The van der Waals surface area contributed by atoms with Gasteiger partial charge in [-0.2, -0.15) is 11.8 Å². The maximum atomic E-state index is 12.2. The van der Waals surface area contributed by atoms with Gasteiger partial charge >= 0.3 is 0 Å². The molecule has 1 fully saturated rings. The molecule has 0 saturated carbocycles. The largest absolute Gasteiger partial charge is 0.348 e. The van der Waals surface area contributed by atoms with Crippen LogP contribution in [0, 0.1) is 0 Å². The van der Waals surface area contributed by atoms with Crippen LogP contribution >= 0.6 is 35.9 Å². The molecule has 1 amide bonds. The number of carbonyl (C=O) groups excluding carboxylic acids is 1. The third kappa shape index (κ3) is 5.23. The van der Waals surface area contributed by atoms with E-state index in [2.05, 4.69) is 16.8 Å². The van der Waals surface area contributed by atoms with E-state index < -0.39 is 0 Å². The van der Waals surface area contributed by atoms with Crippen molar-refractivity contribution in [2.75, 3.05) is 44.7 Å². The minimum atomic E-state index is -0.341. The van der Waals surface area contributed by atoms with Gasteiger partial charge in [-0.05, 0) is 18.4 Å². The summed E-state index contributed by atoms with van der Waals surface area (Å²) in [6.07, 6.45) is 2.80. The highest BCUT2D eigenvalue weighted by Gasteiger charge is 2.28. The zero-order chi connectivity index (χ0) is 14.5. The Kier molecular flexibility index (Phi) is 8.23. The molecular weight excluding hydrogens is 328 g/mol. The number of hydrogen-bond donors (Lipinski definition) is 1. The van der Waals surface area contributed by atoms with Crippen LogP contribution in [-0.4, -0.2) is 76.9 Å². The predicted molar refractivity (Wildman–Crippen MR) is 95.7 cm³/mol. The van der Waals surface area contributed by atoms with E-state index >= 15 is 0 Å². The van der Waals surface area contributed by atoms with Gasteiger partial charge in [0.25, 0.3) is 0 Å². The van der Waals surface area contributed by atoms with E-state index in [1.807, 2.05) is 22.9 Å². The summed E-state index contributed by atoms with van der Waals surface area (Å²) in [7, 11) is 0. The number of amides is 1. The number of halogens is 1. The van der Waals surface area contributed by atoms with Gasteiger partial charge in [-0.3, -0.25) is 9.79 Å². The number of thioether (sulfide) groups is 2. The third-order valence-corrected chi connectivity index (χ3v) is 5.40. The molecule has 21 heavy (non-hydrogen) atoms. The minimum absolute atomic E-state index is 0. The molecule has 2 heterocycles. The molecule has 2 aliphatic heterocycles. The van der Waals surface area contributed by atoms with Crippen molar-refractivity contribution in [3.63, 3.8) is 0 Å². The molecule has 1 saturated heterocycles. The lowest BCUT2D eigenvalue weighted by molar-refractivity contribution is -0.133. The molecule has 2 atom stereocenters. The summed E-state index contributed by atoms with van der Waals surface area (Å²) in [6.45, 7) is 6.39. The highest BCUT2D eigenvalue weighted by molar-refractivity contribution is 8.14. The van der Waals surface area contributed by atoms with E-state index in [-0.39, 0.29) is 24.4 Å². The smallest absolute Gasteiger partial charge is 0.239 e. The predicted octanol–water partition coefficient (Wildman–Crippen LogP) is 1.12. The first-order valence-corrected chi connectivity index (χ1v) is 9.38. The van der Waals surface area contributed by atoms with Crippen LogP contribution in [0.1, 0.15) is 13.3 Å². The van der Waals surface area contributed by atoms with Gasteiger partial charge in [0, 0.05) is 31.4 Å². The average Bonchev–Trinajstić information content (AvgIpc) is 2.90. The molecule has 2 rings (SSSR count).